The molecule has 2 heteroatoms. The third-order valence-corrected chi connectivity index (χ3v) is 3.93. The highest BCUT2D eigenvalue weighted by Gasteiger charge is 2.20. The van der Waals surface area contributed by atoms with E-state index in [1.165, 1.54) is 32.2 Å². The SMILES string of the molecule is CC(O)CC(C)CNCC1CCCCC1C. The van der Waals surface area contributed by atoms with Gasteiger partial charge < -0.3 is 10.4 Å². The van der Waals surface area contributed by atoms with Crippen LogP contribution in [0.4, 0.5) is 0 Å². The summed E-state index contributed by atoms with van der Waals surface area (Å²) in [6.07, 6.45) is 6.41. The standard InChI is InChI=1S/C14H29NO/c1-11(8-13(3)16)9-15-10-14-7-5-4-6-12(14)2/h11-16H,4-10H2,1-3H3. The zero-order valence-corrected chi connectivity index (χ0v) is 11.2. The van der Waals surface area contributed by atoms with Crippen molar-refractivity contribution in [1.29, 1.82) is 0 Å². The van der Waals surface area contributed by atoms with Gasteiger partial charge in [0.05, 0.1) is 6.10 Å². The Bertz CT molecular complexity index is 182. The zero-order chi connectivity index (χ0) is 12.0. The van der Waals surface area contributed by atoms with Gasteiger partial charge in [-0.3, -0.25) is 0 Å². The Morgan fingerprint density at radius 1 is 1.25 bits per heavy atom. The molecule has 1 rings (SSSR count). The molecule has 2 N–H and O–H groups in total. The Balaban J connectivity index is 2.09. The fourth-order valence-corrected chi connectivity index (χ4v) is 2.88. The summed E-state index contributed by atoms with van der Waals surface area (Å²) in [6.45, 7) is 8.70. The monoisotopic (exact) mass is 227 g/mol. The van der Waals surface area contributed by atoms with Crippen LogP contribution in [0.5, 0.6) is 0 Å². The van der Waals surface area contributed by atoms with Crippen molar-refractivity contribution in [3.8, 4) is 0 Å². The molecule has 1 saturated carbocycles. The van der Waals surface area contributed by atoms with Crippen LogP contribution >= 0.6 is 0 Å². The zero-order valence-electron chi connectivity index (χ0n) is 11.2. The van der Waals surface area contributed by atoms with Gasteiger partial charge >= 0.3 is 0 Å². The summed E-state index contributed by atoms with van der Waals surface area (Å²) in [5.74, 6) is 2.36. The lowest BCUT2D eigenvalue weighted by atomic mass is 9.80. The summed E-state index contributed by atoms with van der Waals surface area (Å²) < 4.78 is 0. The Morgan fingerprint density at radius 3 is 2.56 bits per heavy atom. The lowest BCUT2D eigenvalue weighted by Gasteiger charge is -2.29. The quantitative estimate of drug-likeness (QED) is 0.731. The van der Waals surface area contributed by atoms with Crippen LogP contribution in [0.25, 0.3) is 0 Å². The Labute approximate surface area is 101 Å². The van der Waals surface area contributed by atoms with Crippen LogP contribution in [0.3, 0.4) is 0 Å². The molecule has 2 nitrogen and oxygen atoms in total. The summed E-state index contributed by atoms with van der Waals surface area (Å²) in [5, 5.41) is 12.9. The predicted molar refractivity (Wildman–Crippen MR) is 69.5 cm³/mol. The van der Waals surface area contributed by atoms with Crippen molar-refractivity contribution in [3.05, 3.63) is 0 Å². The molecule has 0 radical (unpaired) electrons. The van der Waals surface area contributed by atoms with Gasteiger partial charge in [-0.15, -0.1) is 0 Å². The van der Waals surface area contributed by atoms with E-state index in [-0.39, 0.29) is 6.10 Å². The van der Waals surface area contributed by atoms with Gasteiger partial charge in [-0.05, 0) is 50.6 Å². The smallest absolute Gasteiger partial charge is 0.0515 e. The normalized spacial score (nSPS) is 30.0. The highest BCUT2D eigenvalue weighted by molar-refractivity contribution is 4.74. The maximum atomic E-state index is 9.29. The van der Waals surface area contributed by atoms with Crippen molar-refractivity contribution in [3.63, 3.8) is 0 Å². The Kier molecular flexibility index (Phi) is 6.37. The molecule has 0 bridgehead atoms. The van der Waals surface area contributed by atoms with Crippen molar-refractivity contribution in [2.45, 2.75) is 59.0 Å². The molecule has 0 heterocycles. The molecule has 0 amide bonds. The number of aliphatic hydroxyl groups is 1. The number of nitrogens with one attached hydrogen (secondary N) is 1. The van der Waals surface area contributed by atoms with Crippen molar-refractivity contribution in [1.82, 2.24) is 5.32 Å². The minimum absolute atomic E-state index is 0.162. The Hall–Kier alpha value is -0.0800. The molecule has 0 saturated heterocycles. The second-order valence-corrected chi connectivity index (χ2v) is 5.87. The fourth-order valence-electron chi connectivity index (χ4n) is 2.88. The lowest BCUT2D eigenvalue weighted by molar-refractivity contribution is 0.161. The van der Waals surface area contributed by atoms with Crippen molar-refractivity contribution >= 4 is 0 Å². The highest BCUT2D eigenvalue weighted by atomic mass is 16.3. The first-order valence-electron chi connectivity index (χ1n) is 6.98. The van der Waals surface area contributed by atoms with Gasteiger partial charge in [0.25, 0.3) is 0 Å². The third-order valence-electron chi connectivity index (χ3n) is 3.93. The van der Waals surface area contributed by atoms with Crippen molar-refractivity contribution < 1.29 is 5.11 Å². The van der Waals surface area contributed by atoms with Crippen LogP contribution in [0, 0.1) is 17.8 Å². The van der Waals surface area contributed by atoms with Gasteiger partial charge in [0.2, 0.25) is 0 Å². The second-order valence-electron chi connectivity index (χ2n) is 5.87. The average Bonchev–Trinajstić information content (AvgIpc) is 2.19. The molecular formula is C14H29NO. The number of aliphatic hydroxyl groups excluding tert-OH is 1. The second kappa shape index (κ2) is 7.29. The predicted octanol–water partition coefficient (Wildman–Crippen LogP) is 2.81. The van der Waals surface area contributed by atoms with Crippen LogP contribution < -0.4 is 5.32 Å². The third kappa shape index (κ3) is 5.31. The molecule has 4 unspecified atom stereocenters. The van der Waals surface area contributed by atoms with Crippen molar-refractivity contribution in [2.24, 2.45) is 17.8 Å². The maximum Gasteiger partial charge on any atom is 0.0515 e. The van der Waals surface area contributed by atoms with Gasteiger partial charge in [-0.25, -0.2) is 0 Å². The van der Waals surface area contributed by atoms with Crippen molar-refractivity contribution in [2.75, 3.05) is 13.1 Å². The maximum absolute atomic E-state index is 9.29. The fraction of sp³-hybridized carbons (Fsp3) is 1.00. The molecule has 0 aromatic carbocycles. The number of hydrogen-bond acceptors (Lipinski definition) is 2. The van der Waals surface area contributed by atoms with E-state index in [1.807, 2.05) is 6.92 Å². The molecule has 96 valence electrons. The van der Waals surface area contributed by atoms with Crippen LogP contribution in [0.1, 0.15) is 52.9 Å². The molecule has 0 spiro atoms. The molecule has 4 atom stereocenters. The molecule has 0 aliphatic heterocycles. The molecule has 1 fully saturated rings. The van der Waals surface area contributed by atoms with E-state index in [4.69, 9.17) is 0 Å². The lowest BCUT2D eigenvalue weighted by Crippen LogP contribution is -2.32. The summed E-state index contributed by atoms with van der Waals surface area (Å²) in [6, 6.07) is 0. The molecule has 1 aliphatic carbocycles. The molecule has 1 aliphatic rings. The van der Waals surface area contributed by atoms with E-state index in [2.05, 4.69) is 19.2 Å². The van der Waals surface area contributed by atoms with Crippen LogP contribution in [-0.2, 0) is 0 Å². The van der Waals surface area contributed by atoms with Gasteiger partial charge in [-0.1, -0.05) is 33.1 Å². The summed E-state index contributed by atoms with van der Waals surface area (Å²) in [7, 11) is 0. The van der Waals surface area contributed by atoms with Gasteiger partial charge in [0, 0.05) is 0 Å². The van der Waals surface area contributed by atoms with E-state index in [0.717, 1.165) is 24.8 Å². The van der Waals surface area contributed by atoms with Gasteiger partial charge in [0.15, 0.2) is 0 Å². The van der Waals surface area contributed by atoms with Gasteiger partial charge in [-0.2, -0.15) is 0 Å². The first-order valence-corrected chi connectivity index (χ1v) is 6.98. The number of hydrogen-bond donors (Lipinski definition) is 2. The summed E-state index contributed by atoms with van der Waals surface area (Å²) >= 11 is 0. The first-order chi connectivity index (χ1) is 7.59. The van der Waals surface area contributed by atoms with E-state index in [1.54, 1.807) is 0 Å². The molecular weight excluding hydrogens is 198 g/mol. The minimum atomic E-state index is -0.162. The van der Waals surface area contributed by atoms with Gasteiger partial charge in [0.1, 0.15) is 0 Å². The average molecular weight is 227 g/mol. The van der Waals surface area contributed by atoms with E-state index >= 15 is 0 Å². The molecule has 0 aromatic heterocycles. The van der Waals surface area contributed by atoms with E-state index in [0.29, 0.717) is 5.92 Å². The topological polar surface area (TPSA) is 32.3 Å². The van der Waals surface area contributed by atoms with E-state index in [9.17, 15) is 5.11 Å². The number of rotatable bonds is 6. The largest absolute Gasteiger partial charge is 0.393 e. The minimum Gasteiger partial charge on any atom is -0.393 e. The highest BCUT2D eigenvalue weighted by Crippen LogP contribution is 2.28. The Morgan fingerprint density at radius 2 is 1.94 bits per heavy atom. The van der Waals surface area contributed by atoms with Crippen LogP contribution in [-0.4, -0.2) is 24.3 Å². The van der Waals surface area contributed by atoms with Crippen LogP contribution in [0.15, 0.2) is 0 Å². The van der Waals surface area contributed by atoms with E-state index < -0.39 is 0 Å². The summed E-state index contributed by atoms with van der Waals surface area (Å²) in [4.78, 5) is 0. The summed E-state index contributed by atoms with van der Waals surface area (Å²) in [5.41, 5.74) is 0. The van der Waals surface area contributed by atoms with Crippen LogP contribution in [0.2, 0.25) is 0 Å². The first kappa shape index (κ1) is 14.0. The molecule has 0 aromatic rings. The molecule has 16 heavy (non-hydrogen) atoms.